The molecule has 0 saturated carbocycles. The van der Waals surface area contributed by atoms with Crippen LogP contribution in [0.15, 0.2) is 34.9 Å². The van der Waals surface area contributed by atoms with Crippen molar-refractivity contribution in [1.29, 1.82) is 0 Å². The van der Waals surface area contributed by atoms with E-state index in [0.717, 1.165) is 12.2 Å². The summed E-state index contributed by atoms with van der Waals surface area (Å²) in [5.74, 6) is 0.963. The van der Waals surface area contributed by atoms with Gasteiger partial charge in [-0.05, 0) is 44.4 Å². The Morgan fingerprint density at radius 2 is 1.94 bits per heavy atom. The quantitative estimate of drug-likeness (QED) is 0.735. The van der Waals surface area contributed by atoms with Crippen molar-refractivity contribution >= 4 is 15.9 Å². The highest BCUT2D eigenvalue weighted by Crippen LogP contribution is 2.29. The highest BCUT2D eigenvalue weighted by atomic mass is 79.9. The van der Waals surface area contributed by atoms with Crippen molar-refractivity contribution in [2.45, 2.75) is 32.0 Å². The summed E-state index contributed by atoms with van der Waals surface area (Å²) in [5, 5.41) is 0. The van der Waals surface area contributed by atoms with Gasteiger partial charge >= 0.3 is 0 Å². The molecule has 1 unspecified atom stereocenters. The Morgan fingerprint density at radius 3 is 2.59 bits per heavy atom. The van der Waals surface area contributed by atoms with Crippen molar-refractivity contribution in [2.24, 2.45) is 0 Å². The number of hydrogen-bond acceptors (Lipinski definition) is 1. The molecule has 1 nitrogen and oxygen atoms in total. The Kier molecular flexibility index (Phi) is 3.72. The second-order valence-electron chi connectivity index (χ2n) is 4.59. The third kappa shape index (κ3) is 3.01. The van der Waals surface area contributed by atoms with Crippen molar-refractivity contribution in [1.82, 2.24) is 0 Å². The van der Waals surface area contributed by atoms with Gasteiger partial charge in [-0.3, -0.25) is 0 Å². The van der Waals surface area contributed by atoms with Gasteiger partial charge in [0.15, 0.2) is 0 Å². The van der Waals surface area contributed by atoms with Crippen LogP contribution in [0.4, 0.5) is 0 Å². The summed E-state index contributed by atoms with van der Waals surface area (Å²) < 4.78 is 5.35. The van der Waals surface area contributed by atoms with Gasteiger partial charge in [-0.2, -0.15) is 0 Å². The van der Waals surface area contributed by atoms with Crippen LogP contribution in [0, 0.1) is 20.8 Å². The minimum Gasteiger partial charge on any atom is -0.469 e. The summed E-state index contributed by atoms with van der Waals surface area (Å²) in [4.78, 5) is 0.320. The molecule has 0 N–H and O–H groups in total. The molecule has 2 rings (SSSR count). The van der Waals surface area contributed by atoms with Gasteiger partial charge < -0.3 is 4.42 Å². The number of halogens is 1. The van der Waals surface area contributed by atoms with Gasteiger partial charge in [-0.25, -0.2) is 0 Å². The van der Waals surface area contributed by atoms with E-state index in [4.69, 9.17) is 4.42 Å². The molecule has 0 fully saturated rings. The Morgan fingerprint density at radius 1 is 1.18 bits per heavy atom. The molecule has 1 aromatic heterocycles. The fourth-order valence-corrected chi connectivity index (χ4v) is 2.55. The molecular formula is C15H17BrO. The zero-order chi connectivity index (χ0) is 12.4. The van der Waals surface area contributed by atoms with Crippen LogP contribution in [-0.4, -0.2) is 0 Å². The number of furan rings is 1. The topological polar surface area (TPSA) is 13.1 Å². The van der Waals surface area contributed by atoms with Crippen molar-refractivity contribution in [2.75, 3.05) is 0 Å². The van der Waals surface area contributed by atoms with Crippen LogP contribution in [0.25, 0.3) is 0 Å². The third-order valence-corrected chi connectivity index (χ3v) is 3.87. The summed E-state index contributed by atoms with van der Waals surface area (Å²) in [6.45, 7) is 6.27. The van der Waals surface area contributed by atoms with E-state index >= 15 is 0 Å². The van der Waals surface area contributed by atoms with Gasteiger partial charge in [0.1, 0.15) is 5.76 Å². The fraction of sp³-hybridized carbons (Fsp3) is 0.333. The van der Waals surface area contributed by atoms with Gasteiger partial charge in [0.05, 0.1) is 6.26 Å². The first-order valence-corrected chi connectivity index (χ1v) is 6.73. The molecule has 0 saturated heterocycles. The third-order valence-electron chi connectivity index (χ3n) is 3.02. The van der Waals surface area contributed by atoms with Gasteiger partial charge in [-0.1, -0.05) is 39.7 Å². The van der Waals surface area contributed by atoms with Crippen molar-refractivity contribution in [3.8, 4) is 0 Å². The van der Waals surface area contributed by atoms with E-state index in [1.165, 1.54) is 22.3 Å². The van der Waals surface area contributed by atoms with E-state index < -0.39 is 0 Å². The molecule has 1 atom stereocenters. The predicted molar refractivity (Wildman–Crippen MR) is 74.7 cm³/mol. The number of hydrogen-bond donors (Lipinski definition) is 0. The average Bonchev–Trinajstić information content (AvgIpc) is 2.70. The molecule has 0 radical (unpaired) electrons. The fourth-order valence-electron chi connectivity index (χ4n) is 1.96. The molecule has 2 aromatic rings. The molecule has 2 heteroatoms. The van der Waals surface area contributed by atoms with E-state index in [9.17, 15) is 0 Å². The lowest BCUT2D eigenvalue weighted by Crippen LogP contribution is -1.97. The van der Waals surface area contributed by atoms with E-state index in [-0.39, 0.29) is 0 Å². The maximum atomic E-state index is 5.35. The second kappa shape index (κ2) is 5.09. The van der Waals surface area contributed by atoms with Crippen LogP contribution >= 0.6 is 15.9 Å². The molecule has 1 aromatic carbocycles. The lowest BCUT2D eigenvalue weighted by atomic mass is 9.99. The van der Waals surface area contributed by atoms with Crippen molar-refractivity contribution in [3.63, 3.8) is 0 Å². The molecule has 17 heavy (non-hydrogen) atoms. The molecule has 0 amide bonds. The number of alkyl halides is 1. The first-order chi connectivity index (χ1) is 8.06. The first-order valence-electron chi connectivity index (χ1n) is 5.81. The van der Waals surface area contributed by atoms with E-state index in [1.807, 2.05) is 13.2 Å². The van der Waals surface area contributed by atoms with Gasteiger partial charge in [0.2, 0.25) is 0 Å². The SMILES string of the molecule is Cc1ccc(C)c(CC(Br)c2coc(C)c2)c1. The zero-order valence-electron chi connectivity index (χ0n) is 10.5. The van der Waals surface area contributed by atoms with Crippen LogP contribution < -0.4 is 0 Å². The highest BCUT2D eigenvalue weighted by Gasteiger charge is 2.12. The van der Waals surface area contributed by atoms with Crippen molar-refractivity contribution in [3.05, 3.63) is 58.5 Å². The lowest BCUT2D eigenvalue weighted by molar-refractivity contribution is 0.531. The smallest absolute Gasteiger partial charge is 0.101 e. The summed E-state index contributed by atoms with van der Waals surface area (Å²) in [6.07, 6.45) is 2.83. The maximum Gasteiger partial charge on any atom is 0.101 e. The van der Waals surface area contributed by atoms with Crippen LogP contribution in [0.3, 0.4) is 0 Å². The normalized spacial score (nSPS) is 12.7. The van der Waals surface area contributed by atoms with Gasteiger partial charge in [0.25, 0.3) is 0 Å². The molecule has 0 aliphatic rings. The van der Waals surface area contributed by atoms with Crippen LogP contribution in [0.5, 0.6) is 0 Å². The Bertz CT molecular complexity index is 513. The molecule has 90 valence electrons. The Labute approximate surface area is 111 Å². The monoisotopic (exact) mass is 292 g/mol. The number of rotatable bonds is 3. The zero-order valence-corrected chi connectivity index (χ0v) is 12.0. The summed E-state index contributed by atoms with van der Waals surface area (Å²) >= 11 is 3.73. The minimum absolute atomic E-state index is 0.320. The second-order valence-corrected chi connectivity index (χ2v) is 5.70. The van der Waals surface area contributed by atoms with Crippen LogP contribution in [0.2, 0.25) is 0 Å². The number of benzene rings is 1. The Hall–Kier alpha value is -1.02. The predicted octanol–water partition coefficient (Wildman–Crippen LogP) is 4.88. The van der Waals surface area contributed by atoms with E-state index in [0.29, 0.717) is 4.83 Å². The molecule has 0 aliphatic carbocycles. The van der Waals surface area contributed by atoms with E-state index in [2.05, 4.69) is 54.0 Å². The van der Waals surface area contributed by atoms with Crippen LogP contribution in [0.1, 0.15) is 32.8 Å². The maximum absolute atomic E-state index is 5.35. The molecular weight excluding hydrogens is 276 g/mol. The molecule has 1 heterocycles. The van der Waals surface area contributed by atoms with Gasteiger partial charge in [-0.15, -0.1) is 0 Å². The largest absolute Gasteiger partial charge is 0.469 e. The number of aryl methyl sites for hydroxylation is 3. The first kappa shape index (κ1) is 12.4. The van der Waals surface area contributed by atoms with E-state index in [1.54, 1.807) is 0 Å². The molecule has 0 spiro atoms. The summed E-state index contributed by atoms with van der Waals surface area (Å²) in [5.41, 5.74) is 5.27. The summed E-state index contributed by atoms with van der Waals surface area (Å²) in [7, 11) is 0. The van der Waals surface area contributed by atoms with Crippen LogP contribution in [-0.2, 0) is 6.42 Å². The standard InChI is InChI=1S/C15H17BrO/c1-10-4-5-11(2)13(6-10)8-15(16)14-7-12(3)17-9-14/h4-7,9,15H,8H2,1-3H3. The van der Waals surface area contributed by atoms with Gasteiger partial charge in [0, 0.05) is 10.4 Å². The summed E-state index contributed by atoms with van der Waals surface area (Å²) in [6, 6.07) is 8.69. The molecule has 0 bridgehead atoms. The highest BCUT2D eigenvalue weighted by molar-refractivity contribution is 9.09. The molecule has 0 aliphatic heterocycles. The van der Waals surface area contributed by atoms with Crippen molar-refractivity contribution < 1.29 is 4.42 Å². The minimum atomic E-state index is 0.320. The average molecular weight is 293 g/mol. The lowest BCUT2D eigenvalue weighted by Gasteiger charge is -2.11. The Balaban J connectivity index is 2.18.